The minimum atomic E-state index is 0.211. The van der Waals surface area contributed by atoms with Gasteiger partial charge in [-0.25, -0.2) is 0 Å². The fraction of sp³-hybridized carbons (Fsp3) is 0.188. The lowest BCUT2D eigenvalue weighted by Crippen LogP contribution is -2.17. The number of nitrogens with zero attached hydrogens (tertiary/aromatic N) is 1. The number of pyridine rings is 1. The Balaban J connectivity index is 1.71. The molecular formula is C16H16N2O. The van der Waals surface area contributed by atoms with E-state index in [1.54, 1.807) is 6.26 Å². The van der Waals surface area contributed by atoms with E-state index < -0.39 is 0 Å². The predicted molar refractivity (Wildman–Crippen MR) is 75.7 cm³/mol. The summed E-state index contributed by atoms with van der Waals surface area (Å²) in [5.74, 6) is 0.963. The molecule has 19 heavy (non-hydrogen) atoms. The van der Waals surface area contributed by atoms with Crippen molar-refractivity contribution in [1.29, 1.82) is 0 Å². The highest BCUT2D eigenvalue weighted by Gasteiger charge is 2.07. The summed E-state index contributed by atoms with van der Waals surface area (Å²) in [6.07, 6.45) is 5.42. The maximum absolute atomic E-state index is 5.38. The van der Waals surface area contributed by atoms with Gasteiger partial charge in [-0.15, -0.1) is 0 Å². The van der Waals surface area contributed by atoms with Crippen molar-refractivity contribution in [1.82, 2.24) is 10.3 Å². The Hall–Kier alpha value is -2.13. The minimum absolute atomic E-state index is 0.211. The van der Waals surface area contributed by atoms with Gasteiger partial charge in [-0.05, 0) is 42.1 Å². The van der Waals surface area contributed by atoms with Crippen molar-refractivity contribution in [2.24, 2.45) is 0 Å². The van der Waals surface area contributed by atoms with Gasteiger partial charge in [-0.2, -0.15) is 0 Å². The van der Waals surface area contributed by atoms with Crippen LogP contribution in [0.15, 0.2) is 59.5 Å². The lowest BCUT2D eigenvalue weighted by Gasteiger charge is -2.11. The highest BCUT2D eigenvalue weighted by molar-refractivity contribution is 5.81. The zero-order chi connectivity index (χ0) is 13.1. The van der Waals surface area contributed by atoms with Crippen molar-refractivity contribution >= 4 is 10.8 Å². The summed E-state index contributed by atoms with van der Waals surface area (Å²) in [7, 11) is 0. The summed E-state index contributed by atoms with van der Waals surface area (Å²) in [6, 6.07) is 12.6. The Morgan fingerprint density at radius 2 is 2.16 bits per heavy atom. The summed E-state index contributed by atoms with van der Waals surface area (Å²) in [6.45, 7) is 2.92. The van der Waals surface area contributed by atoms with E-state index in [9.17, 15) is 0 Å². The molecule has 3 aromatic rings. The van der Waals surface area contributed by atoms with Crippen LogP contribution in [-0.4, -0.2) is 4.98 Å². The largest absolute Gasteiger partial charge is 0.468 e. The van der Waals surface area contributed by atoms with Crippen LogP contribution in [0.3, 0.4) is 0 Å². The third kappa shape index (κ3) is 2.66. The molecule has 0 aliphatic carbocycles. The Morgan fingerprint density at radius 3 is 3.00 bits per heavy atom. The van der Waals surface area contributed by atoms with Crippen molar-refractivity contribution in [3.63, 3.8) is 0 Å². The summed E-state index contributed by atoms with van der Waals surface area (Å²) in [5, 5.41) is 5.85. The zero-order valence-corrected chi connectivity index (χ0v) is 10.8. The molecule has 3 nitrogen and oxygen atoms in total. The van der Waals surface area contributed by atoms with E-state index in [1.165, 1.54) is 16.3 Å². The maximum atomic E-state index is 5.38. The van der Waals surface area contributed by atoms with Crippen LogP contribution in [0.5, 0.6) is 0 Å². The predicted octanol–water partition coefficient (Wildman–Crippen LogP) is 3.68. The van der Waals surface area contributed by atoms with Crippen molar-refractivity contribution < 1.29 is 4.42 Å². The molecule has 0 fully saturated rings. The van der Waals surface area contributed by atoms with Crippen molar-refractivity contribution in [3.05, 3.63) is 66.4 Å². The third-order valence-electron chi connectivity index (χ3n) is 3.29. The first kappa shape index (κ1) is 11.9. The smallest absolute Gasteiger partial charge is 0.120 e. The zero-order valence-electron chi connectivity index (χ0n) is 10.8. The Morgan fingerprint density at radius 1 is 1.21 bits per heavy atom. The van der Waals surface area contributed by atoms with Crippen LogP contribution >= 0.6 is 0 Å². The molecule has 0 bridgehead atoms. The molecular weight excluding hydrogens is 236 g/mol. The van der Waals surface area contributed by atoms with Gasteiger partial charge in [-0.3, -0.25) is 4.98 Å². The fourth-order valence-corrected chi connectivity index (χ4v) is 2.15. The summed E-state index contributed by atoms with van der Waals surface area (Å²) >= 11 is 0. The van der Waals surface area contributed by atoms with E-state index in [4.69, 9.17) is 4.42 Å². The molecule has 96 valence electrons. The van der Waals surface area contributed by atoms with Gasteiger partial charge < -0.3 is 9.73 Å². The standard InChI is InChI=1S/C16H16N2O/c1-12(16-3-2-8-19-16)18-10-13-4-5-15-11-17-7-6-14(15)9-13/h2-9,11-12,18H,10H2,1H3/t12-/m0/s1. The molecule has 0 unspecified atom stereocenters. The van der Waals surface area contributed by atoms with Crippen LogP contribution in [0.2, 0.25) is 0 Å². The van der Waals surface area contributed by atoms with Crippen LogP contribution in [0, 0.1) is 0 Å². The van der Waals surface area contributed by atoms with Crippen LogP contribution in [0.25, 0.3) is 10.8 Å². The highest BCUT2D eigenvalue weighted by Crippen LogP contribution is 2.16. The number of aromatic nitrogens is 1. The molecule has 3 heteroatoms. The topological polar surface area (TPSA) is 38.1 Å². The normalized spacial score (nSPS) is 12.7. The average molecular weight is 252 g/mol. The highest BCUT2D eigenvalue weighted by atomic mass is 16.3. The molecule has 1 aromatic carbocycles. The summed E-state index contributed by atoms with van der Waals surface area (Å²) < 4.78 is 5.38. The van der Waals surface area contributed by atoms with Crippen LogP contribution in [0.4, 0.5) is 0 Å². The quantitative estimate of drug-likeness (QED) is 0.769. The van der Waals surface area contributed by atoms with E-state index in [0.29, 0.717) is 0 Å². The van der Waals surface area contributed by atoms with E-state index >= 15 is 0 Å². The van der Waals surface area contributed by atoms with Gasteiger partial charge in [0.05, 0.1) is 12.3 Å². The number of nitrogens with one attached hydrogen (secondary N) is 1. The Labute approximate surface area is 112 Å². The number of rotatable bonds is 4. The van der Waals surface area contributed by atoms with Gasteiger partial charge in [0.15, 0.2) is 0 Å². The summed E-state index contributed by atoms with van der Waals surface area (Å²) in [5.41, 5.74) is 1.26. The first-order valence-corrected chi connectivity index (χ1v) is 6.42. The second-order valence-electron chi connectivity index (χ2n) is 4.68. The molecule has 0 aliphatic heterocycles. The maximum Gasteiger partial charge on any atom is 0.120 e. The molecule has 3 rings (SSSR count). The van der Waals surface area contributed by atoms with Crippen molar-refractivity contribution in [3.8, 4) is 0 Å². The molecule has 1 N–H and O–H groups in total. The van der Waals surface area contributed by atoms with Crippen LogP contribution in [0.1, 0.15) is 24.3 Å². The van der Waals surface area contributed by atoms with Crippen molar-refractivity contribution in [2.45, 2.75) is 19.5 Å². The second-order valence-corrected chi connectivity index (χ2v) is 4.68. The van der Waals surface area contributed by atoms with E-state index in [-0.39, 0.29) is 6.04 Å². The second kappa shape index (κ2) is 5.24. The first-order chi connectivity index (χ1) is 9.33. The Kier molecular flexibility index (Phi) is 3.29. The number of furan rings is 1. The summed E-state index contributed by atoms with van der Waals surface area (Å²) in [4.78, 5) is 4.12. The Bertz CT molecular complexity index is 661. The lowest BCUT2D eigenvalue weighted by molar-refractivity contribution is 0.430. The SMILES string of the molecule is C[C@H](NCc1ccc2cnccc2c1)c1ccco1. The van der Waals surface area contributed by atoms with E-state index in [0.717, 1.165) is 12.3 Å². The number of hydrogen-bond acceptors (Lipinski definition) is 3. The van der Waals surface area contributed by atoms with Gasteiger partial charge in [0, 0.05) is 24.3 Å². The molecule has 0 amide bonds. The number of hydrogen-bond donors (Lipinski definition) is 1. The lowest BCUT2D eigenvalue weighted by atomic mass is 10.1. The average Bonchev–Trinajstić information content (AvgIpc) is 2.99. The fourth-order valence-electron chi connectivity index (χ4n) is 2.15. The number of benzene rings is 1. The van der Waals surface area contributed by atoms with Crippen LogP contribution < -0.4 is 5.32 Å². The number of fused-ring (bicyclic) bond motifs is 1. The molecule has 1 atom stereocenters. The van der Waals surface area contributed by atoms with Gasteiger partial charge in [0.2, 0.25) is 0 Å². The van der Waals surface area contributed by atoms with E-state index in [1.807, 2.05) is 30.6 Å². The minimum Gasteiger partial charge on any atom is -0.468 e. The van der Waals surface area contributed by atoms with Gasteiger partial charge >= 0.3 is 0 Å². The first-order valence-electron chi connectivity index (χ1n) is 6.42. The molecule has 2 heterocycles. The molecule has 2 aromatic heterocycles. The molecule has 0 saturated heterocycles. The van der Waals surface area contributed by atoms with Gasteiger partial charge in [-0.1, -0.05) is 12.1 Å². The van der Waals surface area contributed by atoms with Crippen molar-refractivity contribution in [2.75, 3.05) is 0 Å². The van der Waals surface area contributed by atoms with Gasteiger partial charge in [0.1, 0.15) is 5.76 Å². The monoisotopic (exact) mass is 252 g/mol. The molecule has 0 saturated carbocycles. The molecule has 0 aliphatic rings. The van der Waals surface area contributed by atoms with E-state index in [2.05, 4.69) is 35.4 Å². The van der Waals surface area contributed by atoms with Gasteiger partial charge in [0.25, 0.3) is 0 Å². The van der Waals surface area contributed by atoms with Crippen LogP contribution in [-0.2, 0) is 6.54 Å². The molecule has 0 spiro atoms. The third-order valence-corrected chi connectivity index (χ3v) is 3.29. The molecule has 0 radical (unpaired) electrons.